The van der Waals surface area contributed by atoms with Crippen LogP contribution in [0.4, 0.5) is 0 Å². The van der Waals surface area contributed by atoms with Crippen LogP contribution in [-0.2, 0) is 17.6 Å². The van der Waals surface area contributed by atoms with Crippen LogP contribution in [0.2, 0.25) is 0 Å². The third-order valence-corrected chi connectivity index (χ3v) is 5.37. The molecule has 2 aliphatic carbocycles. The van der Waals surface area contributed by atoms with Gasteiger partial charge in [0.2, 0.25) is 5.91 Å². The Bertz CT molecular complexity index is 544. The predicted molar refractivity (Wildman–Crippen MR) is 78.2 cm³/mol. The Labute approximate surface area is 120 Å². The van der Waals surface area contributed by atoms with Crippen LogP contribution in [0.25, 0.3) is 0 Å². The summed E-state index contributed by atoms with van der Waals surface area (Å²) in [5, 5.41) is 0. The molecule has 1 heterocycles. The van der Waals surface area contributed by atoms with Crippen LogP contribution in [0, 0.1) is 11.8 Å². The van der Waals surface area contributed by atoms with Crippen molar-refractivity contribution >= 4 is 5.91 Å². The molecule has 0 bridgehead atoms. The van der Waals surface area contributed by atoms with E-state index >= 15 is 0 Å². The van der Waals surface area contributed by atoms with Crippen LogP contribution in [0.1, 0.15) is 30.4 Å². The van der Waals surface area contributed by atoms with Gasteiger partial charge < -0.3 is 10.6 Å². The zero-order valence-electron chi connectivity index (χ0n) is 11.8. The van der Waals surface area contributed by atoms with E-state index in [-0.39, 0.29) is 11.5 Å². The highest BCUT2D eigenvalue weighted by atomic mass is 16.2. The van der Waals surface area contributed by atoms with Gasteiger partial charge in [-0.15, -0.1) is 0 Å². The zero-order valence-corrected chi connectivity index (χ0v) is 11.8. The van der Waals surface area contributed by atoms with Crippen LogP contribution in [0.5, 0.6) is 0 Å². The van der Waals surface area contributed by atoms with E-state index in [0.29, 0.717) is 11.8 Å². The second kappa shape index (κ2) is 4.32. The van der Waals surface area contributed by atoms with Gasteiger partial charge in [-0.1, -0.05) is 24.3 Å². The molecule has 1 amide bonds. The summed E-state index contributed by atoms with van der Waals surface area (Å²) >= 11 is 0. The number of nitrogens with zero attached hydrogens (tertiary/aromatic N) is 1. The molecule has 3 aliphatic rings. The highest BCUT2D eigenvalue weighted by Gasteiger charge is 2.52. The molecule has 1 atom stereocenters. The number of hydrogen-bond donors (Lipinski definition) is 1. The maximum absolute atomic E-state index is 12.6. The fourth-order valence-corrected chi connectivity index (χ4v) is 3.90. The first-order valence-electron chi connectivity index (χ1n) is 7.80. The average Bonchev–Trinajstić information content (AvgIpc) is 3.27. The highest BCUT2D eigenvalue weighted by Crippen LogP contribution is 2.43. The van der Waals surface area contributed by atoms with Crippen molar-refractivity contribution in [1.82, 2.24) is 4.90 Å². The second-order valence-electron chi connectivity index (χ2n) is 6.91. The van der Waals surface area contributed by atoms with Gasteiger partial charge in [-0.3, -0.25) is 4.79 Å². The number of aryl methyl sites for hydroxylation is 1. The fraction of sp³-hybridized carbons (Fsp3) is 0.588. The van der Waals surface area contributed by atoms with Crippen molar-refractivity contribution in [3.05, 3.63) is 35.4 Å². The van der Waals surface area contributed by atoms with Crippen molar-refractivity contribution < 1.29 is 4.79 Å². The number of likely N-dealkylation sites (tertiary alicyclic amines) is 1. The minimum absolute atomic E-state index is 0.0533. The SMILES string of the molecule is NC1(C2CC2)CN(C(=O)C2CCc3ccccc3C2)C1. The number of carbonyl (C=O) groups is 1. The summed E-state index contributed by atoms with van der Waals surface area (Å²) in [6, 6.07) is 8.53. The maximum Gasteiger partial charge on any atom is 0.226 e. The van der Waals surface area contributed by atoms with Crippen LogP contribution in [0.15, 0.2) is 24.3 Å². The highest BCUT2D eigenvalue weighted by molar-refractivity contribution is 5.80. The van der Waals surface area contributed by atoms with E-state index in [0.717, 1.165) is 32.4 Å². The van der Waals surface area contributed by atoms with E-state index in [2.05, 4.69) is 24.3 Å². The third kappa shape index (κ3) is 1.96. The summed E-state index contributed by atoms with van der Waals surface area (Å²) in [5.41, 5.74) is 9.08. The van der Waals surface area contributed by atoms with Gasteiger partial charge in [-0.25, -0.2) is 0 Å². The molecule has 0 spiro atoms. The molecule has 20 heavy (non-hydrogen) atoms. The summed E-state index contributed by atoms with van der Waals surface area (Å²) in [6.45, 7) is 1.57. The van der Waals surface area contributed by atoms with E-state index < -0.39 is 0 Å². The predicted octanol–water partition coefficient (Wildman–Crippen LogP) is 1.74. The lowest BCUT2D eigenvalue weighted by atomic mass is 9.80. The third-order valence-electron chi connectivity index (χ3n) is 5.37. The Morgan fingerprint density at radius 1 is 1.15 bits per heavy atom. The molecular weight excluding hydrogens is 248 g/mol. The number of carbonyl (C=O) groups excluding carboxylic acids is 1. The Hall–Kier alpha value is -1.35. The smallest absolute Gasteiger partial charge is 0.226 e. The van der Waals surface area contributed by atoms with E-state index in [4.69, 9.17) is 5.73 Å². The first-order valence-corrected chi connectivity index (χ1v) is 7.80. The van der Waals surface area contributed by atoms with Gasteiger partial charge in [-0.05, 0) is 49.1 Å². The molecule has 3 heteroatoms. The van der Waals surface area contributed by atoms with Gasteiger partial charge >= 0.3 is 0 Å². The fourth-order valence-electron chi connectivity index (χ4n) is 3.90. The molecule has 4 rings (SSSR count). The van der Waals surface area contributed by atoms with E-state index in [9.17, 15) is 4.79 Å². The van der Waals surface area contributed by atoms with Crippen molar-refractivity contribution in [3.63, 3.8) is 0 Å². The lowest BCUT2D eigenvalue weighted by Gasteiger charge is -2.49. The summed E-state index contributed by atoms with van der Waals surface area (Å²) in [6.07, 6.45) is 5.46. The van der Waals surface area contributed by atoms with Gasteiger partial charge in [0.05, 0.1) is 5.54 Å². The standard InChI is InChI=1S/C17H22N2O/c18-17(15-7-8-15)10-19(11-17)16(20)14-6-5-12-3-1-2-4-13(12)9-14/h1-4,14-15H,5-11,18H2. The Morgan fingerprint density at radius 2 is 1.85 bits per heavy atom. The van der Waals surface area contributed by atoms with Crippen LogP contribution < -0.4 is 5.73 Å². The van der Waals surface area contributed by atoms with Crippen molar-refractivity contribution in [1.29, 1.82) is 0 Å². The summed E-state index contributed by atoms with van der Waals surface area (Å²) in [5.74, 6) is 1.19. The van der Waals surface area contributed by atoms with Crippen LogP contribution in [0.3, 0.4) is 0 Å². The van der Waals surface area contributed by atoms with Gasteiger partial charge in [0, 0.05) is 19.0 Å². The quantitative estimate of drug-likeness (QED) is 0.890. The maximum atomic E-state index is 12.6. The molecule has 1 aliphatic heterocycles. The Kier molecular flexibility index (Phi) is 2.68. The molecule has 1 aromatic carbocycles. The minimum atomic E-state index is -0.0533. The van der Waals surface area contributed by atoms with E-state index in [1.54, 1.807) is 0 Å². The molecule has 2 N–H and O–H groups in total. The van der Waals surface area contributed by atoms with Crippen molar-refractivity contribution in [2.75, 3.05) is 13.1 Å². The first-order chi connectivity index (χ1) is 9.66. The summed E-state index contributed by atoms with van der Waals surface area (Å²) in [7, 11) is 0. The van der Waals surface area contributed by atoms with Gasteiger partial charge in [-0.2, -0.15) is 0 Å². The number of benzene rings is 1. The Morgan fingerprint density at radius 3 is 2.55 bits per heavy atom. The largest absolute Gasteiger partial charge is 0.339 e. The molecule has 0 aromatic heterocycles. The average molecular weight is 270 g/mol. The second-order valence-corrected chi connectivity index (χ2v) is 6.91. The van der Waals surface area contributed by atoms with Gasteiger partial charge in [0.1, 0.15) is 0 Å². The number of hydrogen-bond acceptors (Lipinski definition) is 2. The molecule has 1 aromatic rings. The lowest BCUT2D eigenvalue weighted by Crippen LogP contribution is -2.70. The van der Waals surface area contributed by atoms with Crippen LogP contribution >= 0.6 is 0 Å². The molecule has 0 radical (unpaired) electrons. The molecule has 106 valence electrons. The molecule has 2 fully saturated rings. The van der Waals surface area contributed by atoms with Crippen molar-refractivity contribution in [2.45, 2.75) is 37.6 Å². The van der Waals surface area contributed by atoms with Gasteiger partial charge in [0.25, 0.3) is 0 Å². The van der Waals surface area contributed by atoms with Gasteiger partial charge in [0.15, 0.2) is 0 Å². The molecule has 3 nitrogen and oxygen atoms in total. The normalized spacial score (nSPS) is 27.6. The van der Waals surface area contributed by atoms with E-state index in [1.807, 2.05) is 4.90 Å². The first kappa shape index (κ1) is 12.4. The van der Waals surface area contributed by atoms with Crippen molar-refractivity contribution in [3.8, 4) is 0 Å². The molecular formula is C17H22N2O. The van der Waals surface area contributed by atoms with Crippen molar-refractivity contribution in [2.24, 2.45) is 17.6 Å². The van der Waals surface area contributed by atoms with E-state index in [1.165, 1.54) is 24.0 Å². The molecule has 1 saturated heterocycles. The number of fused-ring (bicyclic) bond motifs is 1. The Balaban J connectivity index is 1.41. The number of amides is 1. The minimum Gasteiger partial charge on any atom is -0.339 e. The monoisotopic (exact) mass is 270 g/mol. The summed E-state index contributed by atoms with van der Waals surface area (Å²) < 4.78 is 0. The number of nitrogens with two attached hydrogens (primary N) is 1. The topological polar surface area (TPSA) is 46.3 Å². The molecule has 1 unspecified atom stereocenters. The zero-order chi connectivity index (χ0) is 13.7. The lowest BCUT2D eigenvalue weighted by molar-refractivity contribution is -0.144. The summed E-state index contributed by atoms with van der Waals surface area (Å²) in [4.78, 5) is 14.6. The molecule has 1 saturated carbocycles. The van der Waals surface area contributed by atoms with Crippen LogP contribution in [-0.4, -0.2) is 29.4 Å². The number of rotatable bonds is 2.